The van der Waals surface area contributed by atoms with Crippen molar-refractivity contribution >= 4 is 17.7 Å². The van der Waals surface area contributed by atoms with Crippen molar-refractivity contribution in [3.8, 4) is 0 Å². The lowest BCUT2D eigenvalue weighted by atomic mass is 10.2. The summed E-state index contributed by atoms with van der Waals surface area (Å²) in [7, 11) is 1.98. The molecular weight excluding hydrogens is 186 g/mol. The largest absolute Gasteiger partial charge is 0.481 e. The van der Waals surface area contributed by atoms with Crippen LogP contribution in [0.15, 0.2) is 0 Å². The number of hydrogen-bond acceptors (Lipinski definition) is 3. The molecule has 0 heterocycles. The molecule has 0 saturated heterocycles. The summed E-state index contributed by atoms with van der Waals surface area (Å²) < 4.78 is 0. The van der Waals surface area contributed by atoms with Gasteiger partial charge in [-0.25, -0.2) is 0 Å². The van der Waals surface area contributed by atoms with Crippen LogP contribution < -0.4 is 0 Å². The van der Waals surface area contributed by atoms with E-state index < -0.39 is 5.97 Å². The van der Waals surface area contributed by atoms with Crippen LogP contribution >= 0.6 is 11.8 Å². The maximum Gasteiger partial charge on any atom is 0.304 e. The molecule has 78 valence electrons. The van der Waals surface area contributed by atoms with Crippen LogP contribution in [-0.4, -0.2) is 47.6 Å². The Labute approximate surface area is 84.5 Å². The second-order valence-electron chi connectivity index (χ2n) is 3.25. The Morgan fingerprint density at radius 3 is 2.69 bits per heavy atom. The average molecular weight is 205 g/mol. The minimum Gasteiger partial charge on any atom is -0.481 e. The number of carboxylic acid groups (broad SMARTS) is 1. The molecule has 0 aliphatic rings. The highest BCUT2D eigenvalue weighted by atomic mass is 32.2. The van der Waals surface area contributed by atoms with Crippen LogP contribution in [0.3, 0.4) is 0 Å². The van der Waals surface area contributed by atoms with Gasteiger partial charge in [0.1, 0.15) is 0 Å². The summed E-state index contributed by atoms with van der Waals surface area (Å²) in [5, 5.41) is 8.49. The molecule has 0 amide bonds. The summed E-state index contributed by atoms with van der Waals surface area (Å²) in [4.78, 5) is 12.4. The zero-order valence-corrected chi connectivity index (χ0v) is 9.43. The van der Waals surface area contributed by atoms with Gasteiger partial charge in [-0.1, -0.05) is 0 Å². The number of carbonyl (C=O) groups is 1. The summed E-state index contributed by atoms with van der Waals surface area (Å²) in [5.74, 6) is 0.419. The van der Waals surface area contributed by atoms with E-state index in [4.69, 9.17) is 5.11 Å². The first kappa shape index (κ1) is 12.8. The lowest BCUT2D eigenvalue weighted by molar-refractivity contribution is -0.137. The van der Waals surface area contributed by atoms with Crippen molar-refractivity contribution < 1.29 is 9.90 Å². The Kier molecular flexibility index (Phi) is 7.09. The predicted molar refractivity (Wildman–Crippen MR) is 57.3 cm³/mol. The van der Waals surface area contributed by atoms with Crippen molar-refractivity contribution in [2.24, 2.45) is 0 Å². The third kappa shape index (κ3) is 6.90. The fourth-order valence-corrected chi connectivity index (χ4v) is 1.58. The molecule has 0 aromatic heterocycles. The summed E-state index contributed by atoms with van der Waals surface area (Å²) in [5.41, 5.74) is 0. The first-order valence-electron chi connectivity index (χ1n) is 4.49. The maximum atomic E-state index is 10.3. The van der Waals surface area contributed by atoms with Crippen LogP contribution in [0.5, 0.6) is 0 Å². The molecular formula is C9H19NO2S. The van der Waals surface area contributed by atoms with E-state index in [1.54, 1.807) is 0 Å². The minimum absolute atomic E-state index is 0.236. The van der Waals surface area contributed by atoms with Crippen molar-refractivity contribution in [1.82, 2.24) is 4.90 Å². The SMILES string of the molecule is CSCCC(C)N(C)CCC(=O)O. The predicted octanol–water partition coefficient (Wildman–Crippen LogP) is 1.53. The van der Waals surface area contributed by atoms with Crippen LogP contribution in [0, 0.1) is 0 Å². The van der Waals surface area contributed by atoms with Crippen LogP contribution in [0.4, 0.5) is 0 Å². The average Bonchev–Trinajstić information content (AvgIpc) is 2.10. The summed E-state index contributed by atoms with van der Waals surface area (Å²) in [6.07, 6.45) is 3.45. The highest BCUT2D eigenvalue weighted by Crippen LogP contribution is 2.06. The Balaban J connectivity index is 3.56. The molecule has 0 aromatic carbocycles. The molecule has 0 spiro atoms. The Morgan fingerprint density at radius 1 is 1.62 bits per heavy atom. The van der Waals surface area contributed by atoms with E-state index in [9.17, 15) is 4.79 Å². The molecule has 0 rings (SSSR count). The first-order chi connectivity index (χ1) is 6.07. The van der Waals surface area contributed by atoms with E-state index in [-0.39, 0.29) is 6.42 Å². The number of aliphatic carboxylic acids is 1. The molecule has 1 N–H and O–H groups in total. The van der Waals surface area contributed by atoms with Gasteiger partial charge in [0.2, 0.25) is 0 Å². The van der Waals surface area contributed by atoms with Gasteiger partial charge in [-0.15, -0.1) is 0 Å². The number of nitrogens with zero attached hydrogens (tertiary/aromatic N) is 1. The van der Waals surface area contributed by atoms with E-state index in [0.29, 0.717) is 12.6 Å². The van der Waals surface area contributed by atoms with Gasteiger partial charge in [-0.3, -0.25) is 4.79 Å². The highest BCUT2D eigenvalue weighted by Gasteiger charge is 2.09. The van der Waals surface area contributed by atoms with Gasteiger partial charge in [0.15, 0.2) is 0 Å². The fraction of sp³-hybridized carbons (Fsp3) is 0.889. The van der Waals surface area contributed by atoms with E-state index in [1.807, 2.05) is 18.8 Å². The number of rotatable bonds is 7. The lowest BCUT2D eigenvalue weighted by Crippen LogP contribution is -2.31. The molecule has 0 radical (unpaired) electrons. The number of thioether (sulfide) groups is 1. The van der Waals surface area contributed by atoms with Crippen molar-refractivity contribution in [2.75, 3.05) is 25.6 Å². The van der Waals surface area contributed by atoms with Crippen LogP contribution in [0.25, 0.3) is 0 Å². The zero-order valence-electron chi connectivity index (χ0n) is 8.62. The van der Waals surface area contributed by atoms with E-state index in [0.717, 1.165) is 12.2 Å². The second kappa shape index (κ2) is 7.21. The van der Waals surface area contributed by atoms with Gasteiger partial charge in [0.05, 0.1) is 6.42 Å². The molecule has 1 unspecified atom stereocenters. The standard InChI is InChI=1S/C9H19NO2S/c1-8(5-7-13-3)10(2)6-4-9(11)12/h8H,4-7H2,1-3H3,(H,11,12). The highest BCUT2D eigenvalue weighted by molar-refractivity contribution is 7.98. The van der Waals surface area contributed by atoms with E-state index in [1.165, 1.54) is 0 Å². The Hall–Kier alpha value is -0.220. The van der Waals surface area contributed by atoms with Crippen molar-refractivity contribution in [1.29, 1.82) is 0 Å². The van der Waals surface area contributed by atoms with Gasteiger partial charge < -0.3 is 10.0 Å². The van der Waals surface area contributed by atoms with Gasteiger partial charge in [0, 0.05) is 12.6 Å². The summed E-state index contributed by atoms with van der Waals surface area (Å²) >= 11 is 1.83. The first-order valence-corrected chi connectivity index (χ1v) is 5.88. The molecule has 0 aromatic rings. The van der Waals surface area contributed by atoms with E-state index >= 15 is 0 Å². The van der Waals surface area contributed by atoms with Crippen LogP contribution in [0.2, 0.25) is 0 Å². The van der Waals surface area contributed by atoms with Crippen molar-refractivity contribution in [2.45, 2.75) is 25.8 Å². The molecule has 0 aliphatic heterocycles. The molecule has 0 aliphatic carbocycles. The molecule has 0 fully saturated rings. The number of hydrogen-bond donors (Lipinski definition) is 1. The third-order valence-corrected chi connectivity index (χ3v) is 2.81. The molecule has 4 heteroatoms. The molecule has 0 saturated carbocycles. The topological polar surface area (TPSA) is 40.5 Å². The molecule has 3 nitrogen and oxygen atoms in total. The Morgan fingerprint density at radius 2 is 2.23 bits per heavy atom. The lowest BCUT2D eigenvalue weighted by Gasteiger charge is -2.23. The monoisotopic (exact) mass is 205 g/mol. The van der Waals surface area contributed by atoms with Crippen molar-refractivity contribution in [3.05, 3.63) is 0 Å². The Bertz CT molecular complexity index is 153. The summed E-state index contributed by atoms with van der Waals surface area (Å²) in [6.45, 7) is 2.78. The van der Waals surface area contributed by atoms with Gasteiger partial charge in [-0.05, 0) is 32.4 Å². The van der Waals surface area contributed by atoms with Crippen molar-refractivity contribution in [3.63, 3.8) is 0 Å². The van der Waals surface area contributed by atoms with Gasteiger partial charge >= 0.3 is 5.97 Å². The van der Waals surface area contributed by atoms with Gasteiger partial charge in [0.25, 0.3) is 0 Å². The smallest absolute Gasteiger partial charge is 0.304 e. The minimum atomic E-state index is -0.719. The van der Waals surface area contributed by atoms with E-state index in [2.05, 4.69) is 18.1 Å². The molecule has 13 heavy (non-hydrogen) atoms. The van der Waals surface area contributed by atoms with Gasteiger partial charge in [-0.2, -0.15) is 11.8 Å². The number of carboxylic acids is 1. The summed E-state index contributed by atoms with van der Waals surface area (Å²) in [6, 6.07) is 0.479. The maximum absolute atomic E-state index is 10.3. The third-order valence-electron chi connectivity index (χ3n) is 2.17. The normalized spacial score (nSPS) is 13.2. The zero-order chi connectivity index (χ0) is 10.3. The van der Waals surface area contributed by atoms with Crippen LogP contribution in [-0.2, 0) is 4.79 Å². The fourth-order valence-electron chi connectivity index (χ4n) is 1.00. The quantitative estimate of drug-likeness (QED) is 0.684. The molecule has 0 bridgehead atoms. The van der Waals surface area contributed by atoms with Crippen LogP contribution in [0.1, 0.15) is 19.8 Å². The molecule has 1 atom stereocenters. The second-order valence-corrected chi connectivity index (χ2v) is 4.24.